The molecule has 0 aliphatic carbocycles. The summed E-state index contributed by atoms with van der Waals surface area (Å²) in [5, 5.41) is 14.3. The van der Waals surface area contributed by atoms with Gasteiger partial charge in [-0.3, -0.25) is 9.89 Å². The Hall–Kier alpha value is -0.860. The van der Waals surface area contributed by atoms with E-state index in [4.69, 9.17) is 0 Å². The van der Waals surface area contributed by atoms with Gasteiger partial charge < -0.3 is 10.6 Å². The zero-order valence-corrected chi connectivity index (χ0v) is 13.8. The summed E-state index contributed by atoms with van der Waals surface area (Å²) < 4.78 is 1.10. The smallest absolute Gasteiger partial charge is 0.272 e. The van der Waals surface area contributed by atoms with Crippen LogP contribution in [0.4, 0.5) is 0 Å². The molecule has 2 aromatic rings. The quantitative estimate of drug-likeness (QED) is 0.669. The molecule has 1 aromatic heterocycles. The number of hydrogen-bond donors (Lipinski definition) is 3. The predicted octanol–water partition coefficient (Wildman–Crippen LogP) is 2.07. The number of amides is 1. The Labute approximate surface area is 136 Å². The largest absolute Gasteiger partial charge is 0.347 e. The number of fused-ring (bicyclic) bond motifs is 1. The zero-order chi connectivity index (χ0) is 13.2. The lowest BCUT2D eigenvalue weighted by molar-refractivity contribution is 0.0927. The Bertz CT molecular complexity index is 609. The number of aromatic nitrogens is 2. The third-order valence-electron chi connectivity index (χ3n) is 3.37. The molecule has 1 aliphatic rings. The van der Waals surface area contributed by atoms with E-state index < -0.39 is 0 Å². The summed E-state index contributed by atoms with van der Waals surface area (Å²) in [6, 6.07) is 6.13. The number of carbonyl (C=O) groups is 1. The van der Waals surface area contributed by atoms with E-state index in [1.165, 1.54) is 0 Å². The number of piperidine rings is 1. The molecule has 2 heterocycles. The van der Waals surface area contributed by atoms with Crippen LogP contribution in [0.15, 0.2) is 18.2 Å². The summed E-state index contributed by atoms with van der Waals surface area (Å²) >= 11 is 2.24. The number of hydrogen-bond acceptors (Lipinski definition) is 3. The first-order valence-electron chi connectivity index (χ1n) is 6.39. The van der Waals surface area contributed by atoms with Crippen molar-refractivity contribution in [3.05, 3.63) is 27.5 Å². The topological polar surface area (TPSA) is 69.8 Å². The molecule has 5 nitrogen and oxygen atoms in total. The van der Waals surface area contributed by atoms with Gasteiger partial charge in [0.2, 0.25) is 0 Å². The highest BCUT2D eigenvalue weighted by Gasteiger charge is 2.19. The van der Waals surface area contributed by atoms with Crippen LogP contribution in [0.3, 0.4) is 0 Å². The molecule has 1 aliphatic heterocycles. The highest BCUT2D eigenvalue weighted by atomic mass is 127. The lowest BCUT2D eigenvalue weighted by Crippen LogP contribution is -2.45. The minimum Gasteiger partial charge on any atom is -0.347 e. The molecule has 108 valence electrons. The van der Waals surface area contributed by atoms with Gasteiger partial charge in [-0.1, -0.05) is 0 Å². The normalized spacial score (nSPS) is 18.6. The molecule has 3 rings (SSSR count). The zero-order valence-electron chi connectivity index (χ0n) is 10.8. The van der Waals surface area contributed by atoms with Gasteiger partial charge in [-0.05, 0) is 60.2 Å². The van der Waals surface area contributed by atoms with Gasteiger partial charge in [-0.2, -0.15) is 5.10 Å². The first kappa shape index (κ1) is 15.5. The van der Waals surface area contributed by atoms with E-state index in [1.807, 2.05) is 18.2 Å². The van der Waals surface area contributed by atoms with E-state index in [9.17, 15) is 4.79 Å². The lowest BCUT2D eigenvalue weighted by Gasteiger charge is -2.23. The third-order valence-corrected chi connectivity index (χ3v) is 4.04. The molecule has 0 radical (unpaired) electrons. The molecule has 1 atom stereocenters. The van der Waals surface area contributed by atoms with E-state index in [0.29, 0.717) is 5.69 Å². The van der Waals surface area contributed by atoms with E-state index in [2.05, 4.69) is 43.4 Å². The molecule has 1 aromatic carbocycles. The van der Waals surface area contributed by atoms with Crippen LogP contribution >= 0.6 is 35.0 Å². The predicted molar refractivity (Wildman–Crippen MR) is 89.4 cm³/mol. The molecular formula is C13H16ClIN4O. The molecular weight excluding hydrogens is 391 g/mol. The van der Waals surface area contributed by atoms with Crippen molar-refractivity contribution in [3.8, 4) is 0 Å². The average Bonchev–Trinajstić information content (AvgIpc) is 2.82. The van der Waals surface area contributed by atoms with Gasteiger partial charge in [-0.25, -0.2) is 0 Å². The molecule has 0 spiro atoms. The number of rotatable bonds is 2. The molecule has 1 amide bonds. The molecule has 1 fully saturated rings. The maximum atomic E-state index is 12.3. The SMILES string of the molecule is Cl.O=C(N[C@H]1CCCNC1)c1n[nH]c2ccc(I)cc12. The van der Waals surface area contributed by atoms with Crippen LogP contribution in [0.1, 0.15) is 23.3 Å². The van der Waals surface area contributed by atoms with Crippen LogP contribution in [0.25, 0.3) is 10.9 Å². The van der Waals surface area contributed by atoms with Crippen LogP contribution in [0.5, 0.6) is 0 Å². The van der Waals surface area contributed by atoms with Gasteiger partial charge in [0, 0.05) is 21.5 Å². The molecule has 7 heteroatoms. The number of aromatic amines is 1. The number of H-pyrrole nitrogens is 1. The van der Waals surface area contributed by atoms with E-state index in [-0.39, 0.29) is 24.4 Å². The molecule has 1 saturated heterocycles. The summed E-state index contributed by atoms with van der Waals surface area (Å²) in [5.74, 6) is -0.0954. The fourth-order valence-corrected chi connectivity index (χ4v) is 2.88. The van der Waals surface area contributed by atoms with Crippen molar-refractivity contribution in [2.24, 2.45) is 0 Å². The summed E-state index contributed by atoms with van der Waals surface area (Å²) in [6.07, 6.45) is 2.13. The van der Waals surface area contributed by atoms with Crippen LogP contribution in [-0.4, -0.2) is 35.2 Å². The van der Waals surface area contributed by atoms with Gasteiger partial charge >= 0.3 is 0 Å². The van der Waals surface area contributed by atoms with Crippen molar-refractivity contribution in [1.29, 1.82) is 0 Å². The molecule has 20 heavy (non-hydrogen) atoms. The van der Waals surface area contributed by atoms with Crippen LogP contribution in [0, 0.1) is 3.57 Å². The molecule has 0 unspecified atom stereocenters. The van der Waals surface area contributed by atoms with E-state index in [1.54, 1.807) is 0 Å². The Morgan fingerprint density at radius 2 is 2.30 bits per heavy atom. The Morgan fingerprint density at radius 1 is 1.45 bits per heavy atom. The number of nitrogens with zero attached hydrogens (tertiary/aromatic N) is 1. The van der Waals surface area contributed by atoms with Gasteiger partial charge in [0.25, 0.3) is 5.91 Å². The lowest BCUT2D eigenvalue weighted by atomic mass is 10.1. The maximum Gasteiger partial charge on any atom is 0.272 e. The summed E-state index contributed by atoms with van der Waals surface area (Å²) in [4.78, 5) is 12.3. The standard InChI is InChI=1S/C13H15IN4O.ClH/c14-8-3-4-11-10(6-8)12(18-17-11)13(19)16-9-2-1-5-15-7-9;/h3-4,6,9,15H,1-2,5,7H2,(H,16,19)(H,17,18);1H/t9-;/m0./s1. The van der Waals surface area contributed by atoms with Crippen molar-refractivity contribution in [2.45, 2.75) is 18.9 Å². The summed E-state index contributed by atoms with van der Waals surface area (Å²) in [7, 11) is 0. The highest BCUT2D eigenvalue weighted by Crippen LogP contribution is 2.19. The van der Waals surface area contributed by atoms with Gasteiger partial charge in [0.15, 0.2) is 5.69 Å². The van der Waals surface area contributed by atoms with Gasteiger partial charge in [0.1, 0.15) is 0 Å². The second kappa shape index (κ2) is 6.73. The fourth-order valence-electron chi connectivity index (χ4n) is 2.39. The second-order valence-electron chi connectivity index (χ2n) is 4.78. The fraction of sp³-hybridized carbons (Fsp3) is 0.385. The van der Waals surface area contributed by atoms with Crippen molar-refractivity contribution in [2.75, 3.05) is 13.1 Å². The average molecular weight is 407 g/mol. The summed E-state index contributed by atoms with van der Waals surface area (Å²) in [6.45, 7) is 1.88. The van der Waals surface area contributed by atoms with Crippen molar-refractivity contribution in [3.63, 3.8) is 0 Å². The third kappa shape index (κ3) is 3.24. The number of benzene rings is 1. The molecule has 0 bridgehead atoms. The first-order chi connectivity index (χ1) is 9.24. The van der Waals surface area contributed by atoms with Crippen molar-refractivity contribution < 1.29 is 4.79 Å². The Balaban J connectivity index is 0.00000147. The number of carbonyl (C=O) groups excluding carboxylic acids is 1. The second-order valence-corrected chi connectivity index (χ2v) is 6.02. The van der Waals surface area contributed by atoms with Crippen LogP contribution < -0.4 is 10.6 Å². The number of nitrogens with one attached hydrogen (secondary N) is 3. The van der Waals surface area contributed by atoms with Gasteiger partial charge in [0.05, 0.1) is 5.52 Å². The molecule has 0 saturated carbocycles. The van der Waals surface area contributed by atoms with E-state index >= 15 is 0 Å². The monoisotopic (exact) mass is 406 g/mol. The molecule has 3 N–H and O–H groups in total. The van der Waals surface area contributed by atoms with E-state index in [0.717, 1.165) is 40.4 Å². The van der Waals surface area contributed by atoms with Crippen LogP contribution in [0.2, 0.25) is 0 Å². The Morgan fingerprint density at radius 3 is 3.05 bits per heavy atom. The summed E-state index contributed by atoms with van der Waals surface area (Å²) in [5.41, 5.74) is 1.38. The first-order valence-corrected chi connectivity index (χ1v) is 7.47. The maximum absolute atomic E-state index is 12.3. The minimum atomic E-state index is -0.0954. The van der Waals surface area contributed by atoms with Crippen LogP contribution in [-0.2, 0) is 0 Å². The van der Waals surface area contributed by atoms with Gasteiger partial charge in [-0.15, -0.1) is 12.4 Å². The Kier molecular flexibility index (Phi) is 5.22. The van der Waals surface area contributed by atoms with Crippen molar-refractivity contribution in [1.82, 2.24) is 20.8 Å². The minimum absolute atomic E-state index is 0. The van der Waals surface area contributed by atoms with Crippen molar-refractivity contribution >= 4 is 51.8 Å². The number of halogens is 2. The highest BCUT2D eigenvalue weighted by molar-refractivity contribution is 14.1.